The topological polar surface area (TPSA) is 76.7 Å². The van der Waals surface area contributed by atoms with Crippen molar-refractivity contribution in [3.8, 4) is 5.75 Å². The maximum atomic E-state index is 12.2. The van der Waals surface area contributed by atoms with E-state index in [9.17, 15) is 9.59 Å². The molecule has 28 heavy (non-hydrogen) atoms. The molecule has 150 valence electrons. The molecule has 6 nitrogen and oxygen atoms in total. The Morgan fingerprint density at radius 3 is 2.89 bits per heavy atom. The summed E-state index contributed by atoms with van der Waals surface area (Å²) in [5, 5.41) is 9.39. The predicted octanol–water partition coefficient (Wildman–Crippen LogP) is 3.84. The van der Waals surface area contributed by atoms with Crippen LogP contribution in [-0.2, 0) is 9.53 Å². The van der Waals surface area contributed by atoms with Gasteiger partial charge < -0.3 is 20.1 Å². The molecule has 2 heterocycles. The highest BCUT2D eigenvalue weighted by Gasteiger charge is 2.16. The van der Waals surface area contributed by atoms with Gasteiger partial charge in [-0.15, -0.1) is 0 Å². The number of nitrogens with one attached hydrogen (secondary N) is 2. The molecule has 1 unspecified atom stereocenters. The molecule has 7 heteroatoms. The molecule has 1 aliphatic rings. The Balaban J connectivity index is 1.40. The van der Waals surface area contributed by atoms with Crippen molar-refractivity contribution < 1.29 is 19.1 Å². The first-order valence-electron chi connectivity index (χ1n) is 9.66. The second-order valence-electron chi connectivity index (χ2n) is 6.72. The van der Waals surface area contributed by atoms with Crippen LogP contribution in [0.5, 0.6) is 5.75 Å². The highest BCUT2D eigenvalue weighted by Crippen LogP contribution is 2.25. The number of rotatable bonds is 9. The first kappa shape index (κ1) is 20.4. The van der Waals surface area contributed by atoms with Gasteiger partial charge in [0.2, 0.25) is 5.91 Å². The number of amides is 2. The van der Waals surface area contributed by atoms with Gasteiger partial charge in [-0.25, -0.2) is 0 Å². The zero-order valence-electron chi connectivity index (χ0n) is 15.8. The zero-order valence-corrected chi connectivity index (χ0v) is 16.6. The first-order valence-corrected chi connectivity index (χ1v) is 10.6. The third kappa shape index (κ3) is 6.35. The van der Waals surface area contributed by atoms with E-state index in [1.165, 1.54) is 11.3 Å². The van der Waals surface area contributed by atoms with Crippen molar-refractivity contribution in [1.29, 1.82) is 0 Å². The number of anilines is 1. The summed E-state index contributed by atoms with van der Waals surface area (Å²) in [4.78, 5) is 24.1. The van der Waals surface area contributed by atoms with Gasteiger partial charge in [0, 0.05) is 30.5 Å². The number of carbonyl (C=O) groups is 2. The summed E-state index contributed by atoms with van der Waals surface area (Å²) in [6, 6.07) is 9.20. The van der Waals surface area contributed by atoms with Gasteiger partial charge in [0.15, 0.2) is 0 Å². The third-order valence-corrected chi connectivity index (χ3v) is 5.19. The monoisotopic (exact) mass is 402 g/mol. The summed E-state index contributed by atoms with van der Waals surface area (Å²) in [5.74, 6) is 0.441. The number of para-hydroxylation sites is 2. The van der Waals surface area contributed by atoms with Gasteiger partial charge in [0.05, 0.1) is 11.8 Å². The fourth-order valence-electron chi connectivity index (χ4n) is 2.98. The maximum Gasteiger partial charge on any atom is 0.252 e. The number of carbonyl (C=O) groups excluding carboxylic acids is 2. The average Bonchev–Trinajstić information content (AvgIpc) is 3.26. The summed E-state index contributed by atoms with van der Waals surface area (Å²) < 4.78 is 11.6. The Bertz CT molecular complexity index is 758. The van der Waals surface area contributed by atoms with Crippen molar-refractivity contribution in [2.24, 2.45) is 0 Å². The molecule has 0 saturated carbocycles. The third-order valence-electron chi connectivity index (χ3n) is 4.51. The molecule has 0 aliphatic carbocycles. The zero-order chi connectivity index (χ0) is 19.6. The maximum absolute atomic E-state index is 12.2. The van der Waals surface area contributed by atoms with E-state index in [0.29, 0.717) is 43.0 Å². The predicted molar refractivity (Wildman–Crippen MR) is 110 cm³/mol. The standard InChI is InChI=1S/C21H26N2O4S/c24-20(9-5-11-22-21(25)16-10-13-28-15-16)23-18-7-1-2-8-19(18)27-14-17-6-3-4-12-26-17/h1-2,7-8,10,13,15,17H,3-6,9,11-12,14H2,(H,22,25)(H,23,24). The van der Waals surface area contributed by atoms with Crippen molar-refractivity contribution in [1.82, 2.24) is 5.32 Å². The van der Waals surface area contributed by atoms with Crippen LogP contribution >= 0.6 is 11.3 Å². The molecular formula is C21H26N2O4S. The van der Waals surface area contributed by atoms with Crippen LogP contribution in [0, 0.1) is 0 Å². The summed E-state index contributed by atoms with van der Waals surface area (Å²) in [6.45, 7) is 1.73. The number of thiophene rings is 1. The van der Waals surface area contributed by atoms with E-state index in [-0.39, 0.29) is 17.9 Å². The van der Waals surface area contributed by atoms with Crippen molar-refractivity contribution >= 4 is 28.8 Å². The second-order valence-corrected chi connectivity index (χ2v) is 7.50. The van der Waals surface area contributed by atoms with Crippen LogP contribution in [-0.4, -0.2) is 37.7 Å². The van der Waals surface area contributed by atoms with Gasteiger partial charge in [-0.05, 0) is 49.3 Å². The summed E-state index contributed by atoms with van der Waals surface area (Å²) >= 11 is 1.48. The van der Waals surface area contributed by atoms with E-state index in [4.69, 9.17) is 9.47 Å². The van der Waals surface area contributed by atoms with Gasteiger partial charge in [-0.1, -0.05) is 12.1 Å². The van der Waals surface area contributed by atoms with E-state index in [1.54, 1.807) is 11.4 Å². The molecule has 1 atom stereocenters. The van der Waals surface area contributed by atoms with Crippen LogP contribution in [0.15, 0.2) is 41.1 Å². The minimum Gasteiger partial charge on any atom is -0.489 e. The van der Waals surface area contributed by atoms with Gasteiger partial charge in [-0.2, -0.15) is 11.3 Å². The fraction of sp³-hybridized carbons (Fsp3) is 0.429. The number of benzene rings is 1. The van der Waals surface area contributed by atoms with Crippen LogP contribution in [0.3, 0.4) is 0 Å². The van der Waals surface area contributed by atoms with Crippen molar-refractivity contribution in [2.75, 3.05) is 25.1 Å². The number of ether oxygens (including phenoxy) is 2. The summed E-state index contributed by atoms with van der Waals surface area (Å²) in [5.41, 5.74) is 1.31. The van der Waals surface area contributed by atoms with Crippen LogP contribution in [0.1, 0.15) is 42.5 Å². The second kappa shape index (κ2) is 10.8. The highest BCUT2D eigenvalue weighted by molar-refractivity contribution is 7.08. The Morgan fingerprint density at radius 2 is 2.11 bits per heavy atom. The quantitative estimate of drug-likeness (QED) is 0.625. The molecule has 0 spiro atoms. The lowest BCUT2D eigenvalue weighted by Crippen LogP contribution is -2.26. The Morgan fingerprint density at radius 1 is 1.21 bits per heavy atom. The molecule has 2 N–H and O–H groups in total. The lowest BCUT2D eigenvalue weighted by molar-refractivity contribution is -0.116. The lowest BCUT2D eigenvalue weighted by Gasteiger charge is -2.23. The Hall–Kier alpha value is -2.38. The Labute approximate surface area is 169 Å². The van der Waals surface area contributed by atoms with Gasteiger partial charge in [0.1, 0.15) is 12.4 Å². The molecule has 0 bridgehead atoms. The van der Waals surface area contributed by atoms with E-state index < -0.39 is 0 Å². The normalized spacial score (nSPS) is 16.4. The summed E-state index contributed by atoms with van der Waals surface area (Å²) in [6.07, 6.45) is 4.28. The van der Waals surface area contributed by atoms with Crippen LogP contribution in [0.4, 0.5) is 5.69 Å². The molecule has 1 saturated heterocycles. The lowest BCUT2D eigenvalue weighted by atomic mass is 10.1. The SMILES string of the molecule is O=C(CCCNC(=O)c1ccsc1)Nc1ccccc1OCC1CCCCO1. The average molecular weight is 403 g/mol. The molecular weight excluding hydrogens is 376 g/mol. The van der Waals surface area contributed by atoms with E-state index >= 15 is 0 Å². The molecule has 1 aromatic carbocycles. The molecule has 3 rings (SSSR count). The van der Waals surface area contributed by atoms with Crippen LogP contribution in [0.2, 0.25) is 0 Å². The first-order chi connectivity index (χ1) is 13.7. The fourth-order valence-corrected chi connectivity index (χ4v) is 3.61. The number of hydrogen-bond donors (Lipinski definition) is 2. The molecule has 2 aromatic rings. The van der Waals surface area contributed by atoms with Crippen LogP contribution in [0.25, 0.3) is 0 Å². The van der Waals surface area contributed by atoms with E-state index in [0.717, 1.165) is 25.9 Å². The molecule has 0 radical (unpaired) electrons. The largest absolute Gasteiger partial charge is 0.489 e. The van der Waals surface area contributed by atoms with Gasteiger partial charge >= 0.3 is 0 Å². The van der Waals surface area contributed by atoms with Crippen molar-refractivity contribution in [3.63, 3.8) is 0 Å². The minimum atomic E-state index is -0.106. The van der Waals surface area contributed by atoms with Crippen LogP contribution < -0.4 is 15.4 Å². The molecule has 1 aliphatic heterocycles. The van der Waals surface area contributed by atoms with E-state index in [1.807, 2.05) is 29.6 Å². The van der Waals surface area contributed by atoms with Gasteiger partial charge in [-0.3, -0.25) is 9.59 Å². The smallest absolute Gasteiger partial charge is 0.252 e. The van der Waals surface area contributed by atoms with Gasteiger partial charge in [0.25, 0.3) is 5.91 Å². The summed E-state index contributed by atoms with van der Waals surface area (Å²) in [7, 11) is 0. The Kier molecular flexibility index (Phi) is 7.87. The highest BCUT2D eigenvalue weighted by atomic mass is 32.1. The molecule has 1 aromatic heterocycles. The molecule has 2 amide bonds. The molecule has 1 fully saturated rings. The van der Waals surface area contributed by atoms with E-state index in [2.05, 4.69) is 10.6 Å². The van der Waals surface area contributed by atoms with Crippen molar-refractivity contribution in [3.05, 3.63) is 46.7 Å². The number of hydrogen-bond acceptors (Lipinski definition) is 5. The minimum absolute atomic E-state index is 0.102. The van der Waals surface area contributed by atoms with Crippen molar-refractivity contribution in [2.45, 2.75) is 38.2 Å².